The van der Waals surface area contributed by atoms with Crippen LogP contribution in [0, 0.1) is 11.7 Å². The van der Waals surface area contributed by atoms with Gasteiger partial charge in [0, 0.05) is 46.5 Å². The molecule has 1 amide bonds. The average molecular weight is 696 g/mol. The van der Waals surface area contributed by atoms with Crippen LogP contribution in [0.1, 0.15) is 55.1 Å². The molecule has 4 aromatic rings. The van der Waals surface area contributed by atoms with E-state index >= 15 is 0 Å². The van der Waals surface area contributed by atoms with Crippen molar-refractivity contribution in [2.75, 3.05) is 36.5 Å². The second-order valence-electron chi connectivity index (χ2n) is 13.0. The maximum atomic E-state index is 14.2. The Balaban J connectivity index is 0.993. The quantitative estimate of drug-likeness (QED) is 0.224. The molecule has 3 saturated heterocycles. The standard InChI is InChI=1S/C35H39ClFN5O5S/c36-26-5-4-25(29(37)18-26)22-47-34-3-1-2-30(40-34)23-8-13-41(14-9-23)21-33-39-31-19-27(6-7-32(31)42(33)20-28-10-15-46-28)38-35(43)24-11-16-48(44,45)17-12-24/h1-7,18-19,23-24,28H,8-17,20-22H2,(H,38,43)/t28-/m0/s1. The third-order valence-electron chi connectivity index (χ3n) is 9.71. The summed E-state index contributed by atoms with van der Waals surface area (Å²) < 4.78 is 51.7. The van der Waals surface area contributed by atoms with Crippen molar-refractivity contribution in [1.29, 1.82) is 0 Å². The summed E-state index contributed by atoms with van der Waals surface area (Å²) in [6.45, 7) is 4.03. The Kier molecular flexibility index (Phi) is 9.68. The van der Waals surface area contributed by atoms with E-state index in [0.717, 1.165) is 68.1 Å². The number of likely N-dealkylation sites (tertiary alicyclic amines) is 1. The third-order valence-corrected chi connectivity index (χ3v) is 11.7. The second kappa shape index (κ2) is 14.1. The van der Waals surface area contributed by atoms with E-state index in [1.54, 1.807) is 18.2 Å². The van der Waals surface area contributed by atoms with Gasteiger partial charge in [-0.1, -0.05) is 23.7 Å². The molecule has 0 aliphatic carbocycles. The summed E-state index contributed by atoms with van der Waals surface area (Å²) in [4.78, 5) is 25.1. The van der Waals surface area contributed by atoms with Crippen LogP contribution in [0.25, 0.3) is 11.0 Å². The number of aromatic nitrogens is 3. The van der Waals surface area contributed by atoms with Gasteiger partial charge < -0.3 is 19.4 Å². The normalized spacial score (nSPS) is 20.4. The van der Waals surface area contributed by atoms with E-state index in [1.807, 2.05) is 30.3 Å². The number of fused-ring (bicyclic) bond motifs is 1. The Morgan fingerprint density at radius 3 is 2.54 bits per heavy atom. The number of imidazole rings is 1. The van der Waals surface area contributed by atoms with Crippen molar-refractivity contribution < 1.29 is 27.1 Å². The first kappa shape index (κ1) is 32.9. The van der Waals surface area contributed by atoms with Crippen molar-refractivity contribution in [2.24, 2.45) is 5.92 Å². The molecule has 0 saturated carbocycles. The van der Waals surface area contributed by atoms with Crippen molar-refractivity contribution in [1.82, 2.24) is 19.4 Å². The van der Waals surface area contributed by atoms with E-state index < -0.39 is 15.7 Å². The lowest BCUT2D eigenvalue weighted by Gasteiger charge is -2.32. The van der Waals surface area contributed by atoms with Crippen LogP contribution in [0.15, 0.2) is 54.6 Å². The highest BCUT2D eigenvalue weighted by Gasteiger charge is 2.29. The number of anilines is 1. The molecule has 3 aliphatic rings. The van der Waals surface area contributed by atoms with Crippen LogP contribution < -0.4 is 10.1 Å². The monoisotopic (exact) mass is 695 g/mol. The number of carbonyl (C=O) groups is 1. The fourth-order valence-corrected chi connectivity index (χ4v) is 8.38. The van der Waals surface area contributed by atoms with E-state index in [2.05, 4.69) is 14.8 Å². The topological polar surface area (TPSA) is 116 Å². The van der Waals surface area contributed by atoms with Gasteiger partial charge >= 0.3 is 0 Å². The summed E-state index contributed by atoms with van der Waals surface area (Å²) in [5.74, 6) is 0.988. The molecule has 3 aliphatic heterocycles. The van der Waals surface area contributed by atoms with Crippen LogP contribution in [0.5, 0.6) is 5.88 Å². The van der Waals surface area contributed by atoms with Crippen molar-refractivity contribution in [3.05, 3.63) is 82.5 Å². The summed E-state index contributed by atoms with van der Waals surface area (Å²) >= 11 is 5.87. The van der Waals surface area contributed by atoms with Crippen LogP contribution in [0.3, 0.4) is 0 Å². The highest BCUT2D eigenvalue weighted by molar-refractivity contribution is 7.91. The molecular formula is C35H39ClFN5O5S. The van der Waals surface area contributed by atoms with Gasteiger partial charge in [-0.2, -0.15) is 0 Å². The maximum absolute atomic E-state index is 14.2. The first-order valence-electron chi connectivity index (χ1n) is 16.6. The van der Waals surface area contributed by atoms with E-state index in [-0.39, 0.29) is 42.0 Å². The van der Waals surface area contributed by atoms with Crippen LogP contribution in [0.4, 0.5) is 10.1 Å². The molecule has 5 heterocycles. The molecule has 10 nitrogen and oxygen atoms in total. The molecule has 48 heavy (non-hydrogen) atoms. The summed E-state index contributed by atoms with van der Waals surface area (Å²) in [6, 6.07) is 16.1. The molecule has 0 spiro atoms. The van der Waals surface area contributed by atoms with Gasteiger partial charge in [0.15, 0.2) is 0 Å². The second-order valence-corrected chi connectivity index (χ2v) is 15.8. The van der Waals surface area contributed by atoms with Crippen LogP contribution in [-0.2, 0) is 39.1 Å². The minimum atomic E-state index is -3.03. The van der Waals surface area contributed by atoms with Crippen molar-refractivity contribution in [2.45, 2.75) is 63.8 Å². The highest BCUT2D eigenvalue weighted by Crippen LogP contribution is 2.31. The minimum absolute atomic E-state index is 0.0587. The van der Waals surface area contributed by atoms with Gasteiger partial charge in [0.25, 0.3) is 0 Å². The molecule has 1 atom stereocenters. The molecule has 0 bridgehead atoms. The molecule has 3 fully saturated rings. The number of rotatable bonds is 10. The number of halogens is 2. The molecule has 254 valence electrons. The Bertz CT molecular complexity index is 1890. The van der Waals surface area contributed by atoms with Crippen molar-refractivity contribution >= 4 is 44.1 Å². The predicted octanol–water partition coefficient (Wildman–Crippen LogP) is 5.73. The number of amides is 1. The zero-order chi connectivity index (χ0) is 33.3. The predicted molar refractivity (Wildman–Crippen MR) is 181 cm³/mol. The Labute approximate surface area is 284 Å². The highest BCUT2D eigenvalue weighted by atomic mass is 35.5. The van der Waals surface area contributed by atoms with E-state index in [9.17, 15) is 17.6 Å². The summed E-state index contributed by atoms with van der Waals surface area (Å²) in [5, 5.41) is 3.34. The number of hydrogen-bond donors (Lipinski definition) is 1. The first-order chi connectivity index (χ1) is 23.2. The van der Waals surface area contributed by atoms with E-state index in [0.29, 0.717) is 41.5 Å². The fraction of sp³-hybridized carbons (Fsp3) is 0.457. The molecule has 1 N–H and O–H groups in total. The zero-order valence-corrected chi connectivity index (χ0v) is 28.2. The Hall–Kier alpha value is -3.58. The van der Waals surface area contributed by atoms with Gasteiger partial charge in [0.05, 0.1) is 41.7 Å². The molecule has 0 unspecified atom stereocenters. The van der Waals surface area contributed by atoms with Gasteiger partial charge in [-0.05, 0) is 81.6 Å². The lowest BCUT2D eigenvalue weighted by atomic mass is 9.93. The molecular weight excluding hydrogens is 657 g/mol. The largest absolute Gasteiger partial charge is 0.473 e. The van der Waals surface area contributed by atoms with Crippen molar-refractivity contribution in [3.63, 3.8) is 0 Å². The lowest BCUT2D eigenvalue weighted by Crippen LogP contribution is -2.35. The molecule has 2 aromatic carbocycles. The SMILES string of the molecule is O=C(Nc1ccc2c(c1)nc(CN1CCC(c3cccc(OCc4ccc(Cl)cc4F)n3)CC1)n2C[C@@H]1CCO1)C1CCS(=O)(=O)CC1. The zero-order valence-electron chi connectivity index (χ0n) is 26.6. The summed E-state index contributed by atoms with van der Waals surface area (Å²) in [6.07, 6.45) is 3.76. The van der Waals surface area contributed by atoms with Crippen molar-refractivity contribution in [3.8, 4) is 5.88 Å². The Morgan fingerprint density at radius 1 is 1.02 bits per heavy atom. The van der Waals surface area contributed by atoms with Gasteiger partial charge in [0.2, 0.25) is 11.8 Å². The van der Waals surface area contributed by atoms with Crippen LogP contribution >= 0.6 is 11.6 Å². The van der Waals surface area contributed by atoms with Gasteiger partial charge in [-0.3, -0.25) is 9.69 Å². The number of piperidine rings is 1. The lowest BCUT2D eigenvalue weighted by molar-refractivity contribution is -0.120. The number of pyridine rings is 1. The number of nitrogens with zero attached hydrogens (tertiary/aromatic N) is 4. The van der Waals surface area contributed by atoms with Gasteiger partial charge in [0.1, 0.15) is 28.1 Å². The van der Waals surface area contributed by atoms with Gasteiger partial charge in [-0.25, -0.2) is 22.8 Å². The van der Waals surface area contributed by atoms with Gasteiger partial charge in [-0.15, -0.1) is 0 Å². The average Bonchev–Trinajstić information content (AvgIpc) is 3.38. The molecule has 7 rings (SSSR count). The number of carbonyl (C=O) groups excluding carboxylic acids is 1. The maximum Gasteiger partial charge on any atom is 0.227 e. The van der Waals surface area contributed by atoms with E-state index in [1.165, 1.54) is 6.07 Å². The Morgan fingerprint density at radius 2 is 1.81 bits per heavy atom. The number of sulfone groups is 1. The fourth-order valence-electron chi connectivity index (χ4n) is 6.73. The van der Waals surface area contributed by atoms with Crippen LogP contribution in [-0.4, -0.2) is 71.1 Å². The molecule has 13 heteroatoms. The first-order valence-corrected chi connectivity index (χ1v) is 18.8. The summed E-state index contributed by atoms with van der Waals surface area (Å²) in [7, 11) is -3.03. The third kappa shape index (κ3) is 7.67. The minimum Gasteiger partial charge on any atom is -0.473 e. The number of hydrogen-bond acceptors (Lipinski definition) is 8. The molecule has 0 radical (unpaired) electrons. The number of ether oxygens (including phenoxy) is 2. The van der Waals surface area contributed by atoms with Crippen LogP contribution in [0.2, 0.25) is 5.02 Å². The number of benzene rings is 2. The smallest absolute Gasteiger partial charge is 0.227 e. The molecule has 2 aromatic heterocycles. The summed E-state index contributed by atoms with van der Waals surface area (Å²) in [5.41, 5.74) is 3.87. The number of nitrogens with one attached hydrogen (secondary N) is 1. The van der Waals surface area contributed by atoms with E-state index in [4.69, 9.17) is 31.0 Å².